The SMILES string of the molecule is CNCc1ccc(N2C3CCC2CC(O)C3)cc1Cl. The van der Waals surface area contributed by atoms with E-state index < -0.39 is 0 Å². The Hall–Kier alpha value is -0.770. The number of fused-ring (bicyclic) bond motifs is 2. The topological polar surface area (TPSA) is 35.5 Å². The van der Waals surface area contributed by atoms with Crippen molar-refractivity contribution in [3.8, 4) is 0 Å². The molecule has 2 N–H and O–H groups in total. The first-order valence-electron chi connectivity index (χ1n) is 7.08. The van der Waals surface area contributed by atoms with Crippen molar-refractivity contribution in [1.82, 2.24) is 5.32 Å². The largest absolute Gasteiger partial charge is 0.393 e. The number of nitrogens with zero attached hydrogens (tertiary/aromatic N) is 1. The van der Waals surface area contributed by atoms with Gasteiger partial charge in [-0.15, -0.1) is 0 Å². The van der Waals surface area contributed by atoms with Crippen LogP contribution in [0.15, 0.2) is 18.2 Å². The molecule has 2 aliphatic rings. The van der Waals surface area contributed by atoms with Crippen LogP contribution in [0.4, 0.5) is 5.69 Å². The van der Waals surface area contributed by atoms with E-state index in [-0.39, 0.29) is 6.10 Å². The molecular weight excluding hydrogens is 260 g/mol. The van der Waals surface area contributed by atoms with Gasteiger partial charge in [0, 0.05) is 29.3 Å². The van der Waals surface area contributed by atoms with Gasteiger partial charge in [-0.05, 0) is 50.4 Å². The fourth-order valence-corrected chi connectivity index (χ4v) is 3.84. The lowest BCUT2D eigenvalue weighted by Crippen LogP contribution is -2.44. The Bertz CT molecular complexity index is 451. The molecule has 4 heteroatoms. The molecule has 2 bridgehead atoms. The van der Waals surface area contributed by atoms with Gasteiger partial charge >= 0.3 is 0 Å². The monoisotopic (exact) mass is 280 g/mol. The van der Waals surface area contributed by atoms with E-state index in [1.54, 1.807) is 0 Å². The Morgan fingerprint density at radius 3 is 2.58 bits per heavy atom. The van der Waals surface area contributed by atoms with Crippen molar-refractivity contribution in [1.29, 1.82) is 0 Å². The van der Waals surface area contributed by atoms with Gasteiger partial charge in [-0.1, -0.05) is 17.7 Å². The number of anilines is 1. The molecule has 0 aliphatic carbocycles. The normalized spacial score (nSPS) is 29.8. The smallest absolute Gasteiger partial charge is 0.0579 e. The Labute approximate surface area is 119 Å². The number of piperidine rings is 1. The van der Waals surface area contributed by atoms with Crippen molar-refractivity contribution in [2.24, 2.45) is 0 Å². The third-order valence-corrected chi connectivity index (χ3v) is 4.76. The number of aliphatic hydroxyl groups is 1. The highest BCUT2D eigenvalue weighted by Gasteiger charge is 2.40. The summed E-state index contributed by atoms with van der Waals surface area (Å²) in [5.74, 6) is 0. The van der Waals surface area contributed by atoms with Crippen LogP contribution in [0.3, 0.4) is 0 Å². The highest BCUT2D eigenvalue weighted by atomic mass is 35.5. The van der Waals surface area contributed by atoms with E-state index in [0.717, 1.165) is 30.0 Å². The number of rotatable bonds is 3. The summed E-state index contributed by atoms with van der Waals surface area (Å²) in [7, 11) is 1.93. The van der Waals surface area contributed by atoms with Gasteiger partial charge in [0.2, 0.25) is 0 Å². The molecule has 2 saturated heterocycles. The minimum Gasteiger partial charge on any atom is -0.393 e. The first-order chi connectivity index (χ1) is 9.19. The van der Waals surface area contributed by atoms with Crippen LogP contribution in [-0.4, -0.2) is 30.3 Å². The van der Waals surface area contributed by atoms with Crippen LogP contribution >= 0.6 is 11.6 Å². The van der Waals surface area contributed by atoms with Gasteiger partial charge in [0.05, 0.1) is 6.10 Å². The Morgan fingerprint density at radius 1 is 1.32 bits per heavy atom. The second-order valence-electron chi connectivity index (χ2n) is 5.72. The Kier molecular flexibility index (Phi) is 3.70. The molecule has 0 spiro atoms. The van der Waals surface area contributed by atoms with E-state index in [2.05, 4.69) is 28.4 Å². The fourth-order valence-electron chi connectivity index (χ4n) is 3.60. The standard InChI is InChI=1S/C15H21ClN2O/c1-17-9-10-2-3-13(8-15(10)16)18-11-4-5-12(18)7-14(19)6-11/h2-3,8,11-12,14,17,19H,4-7,9H2,1H3. The maximum atomic E-state index is 9.86. The number of nitrogens with one attached hydrogen (secondary N) is 1. The molecule has 0 amide bonds. The molecule has 0 radical (unpaired) electrons. The number of aliphatic hydroxyl groups excluding tert-OH is 1. The summed E-state index contributed by atoms with van der Waals surface area (Å²) >= 11 is 6.36. The van der Waals surface area contributed by atoms with E-state index in [0.29, 0.717) is 12.1 Å². The van der Waals surface area contributed by atoms with E-state index in [9.17, 15) is 5.11 Å². The van der Waals surface area contributed by atoms with Crippen molar-refractivity contribution < 1.29 is 5.11 Å². The summed E-state index contributed by atoms with van der Waals surface area (Å²) in [6.45, 7) is 0.796. The van der Waals surface area contributed by atoms with Crippen LogP contribution in [0.25, 0.3) is 0 Å². The molecule has 0 aromatic heterocycles. The van der Waals surface area contributed by atoms with Gasteiger partial charge in [-0.3, -0.25) is 0 Å². The Morgan fingerprint density at radius 2 is 2.00 bits per heavy atom. The zero-order valence-electron chi connectivity index (χ0n) is 11.3. The quantitative estimate of drug-likeness (QED) is 0.893. The summed E-state index contributed by atoms with van der Waals surface area (Å²) in [6, 6.07) is 7.33. The van der Waals surface area contributed by atoms with Gasteiger partial charge in [0.15, 0.2) is 0 Å². The second-order valence-corrected chi connectivity index (χ2v) is 6.13. The van der Waals surface area contributed by atoms with Crippen molar-refractivity contribution in [3.63, 3.8) is 0 Å². The molecular formula is C15H21ClN2O. The number of benzene rings is 1. The average Bonchev–Trinajstić information content (AvgIpc) is 2.64. The van der Waals surface area contributed by atoms with Crippen molar-refractivity contribution in [2.75, 3.05) is 11.9 Å². The molecule has 3 rings (SSSR count). The first-order valence-corrected chi connectivity index (χ1v) is 7.46. The lowest BCUT2D eigenvalue weighted by atomic mass is 9.99. The van der Waals surface area contributed by atoms with E-state index >= 15 is 0 Å². The molecule has 0 saturated carbocycles. The fraction of sp³-hybridized carbons (Fsp3) is 0.600. The molecule has 1 aromatic carbocycles. The van der Waals surface area contributed by atoms with Gasteiger partial charge in [0.25, 0.3) is 0 Å². The summed E-state index contributed by atoms with van der Waals surface area (Å²) in [5, 5.41) is 13.8. The minimum atomic E-state index is -0.118. The lowest BCUT2D eigenvalue weighted by Gasteiger charge is -2.39. The molecule has 2 aliphatic heterocycles. The molecule has 2 heterocycles. The van der Waals surface area contributed by atoms with Crippen LogP contribution in [0.2, 0.25) is 5.02 Å². The minimum absolute atomic E-state index is 0.118. The highest BCUT2D eigenvalue weighted by molar-refractivity contribution is 6.31. The number of hydrogen-bond acceptors (Lipinski definition) is 3. The number of hydrogen-bond donors (Lipinski definition) is 2. The van der Waals surface area contributed by atoms with Crippen molar-refractivity contribution in [2.45, 2.75) is 50.4 Å². The van der Waals surface area contributed by atoms with Crippen LogP contribution in [0, 0.1) is 0 Å². The first kappa shape index (κ1) is 13.2. The average molecular weight is 281 g/mol. The number of halogens is 1. The second kappa shape index (κ2) is 5.31. The third-order valence-electron chi connectivity index (χ3n) is 4.41. The third kappa shape index (κ3) is 2.47. The van der Waals surface area contributed by atoms with E-state index in [1.807, 2.05) is 7.05 Å². The zero-order chi connectivity index (χ0) is 13.4. The van der Waals surface area contributed by atoms with Gasteiger partial charge < -0.3 is 15.3 Å². The molecule has 19 heavy (non-hydrogen) atoms. The van der Waals surface area contributed by atoms with E-state index in [1.165, 1.54) is 18.5 Å². The van der Waals surface area contributed by atoms with Crippen LogP contribution in [0.5, 0.6) is 0 Å². The Balaban J connectivity index is 1.85. The maximum Gasteiger partial charge on any atom is 0.0579 e. The molecule has 2 atom stereocenters. The molecule has 3 nitrogen and oxygen atoms in total. The highest BCUT2D eigenvalue weighted by Crippen LogP contribution is 2.40. The predicted molar refractivity (Wildman–Crippen MR) is 78.7 cm³/mol. The summed E-state index contributed by atoms with van der Waals surface area (Å²) < 4.78 is 0. The predicted octanol–water partition coefficient (Wildman–Crippen LogP) is 2.55. The van der Waals surface area contributed by atoms with E-state index in [4.69, 9.17) is 11.6 Å². The molecule has 1 aromatic rings. The molecule has 2 unspecified atom stereocenters. The molecule has 104 valence electrons. The van der Waals surface area contributed by atoms with Gasteiger partial charge in [-0.2, -0.15) is 0 Å². The molecule has 2 fully saturated rings. The maximum absolute atomic E-state index is 9.86. The summed E-state index contributed by atoms with van der Waals surface area (Å²) in [5.41, 5.74) is 2.35. The van der Waals surface area contributed by atoms with Crippen LogP contribution < -0.4 is 10.2 Å². The summed E-state index contributed by atoms with van der Waals surface area (Å²) in [6.07, 6.45) is 4.06. The summed E-state index contributed by atoms with van der Waals surface area (Å²) in [4.78, 5) is 2.47. The van der Waals surface area contributed by atoms with Crippen molar-refractivity contribution >= 4 is 17.3 Å². The van der Waals surface area contributed by atoms with Gasteiger partial charge in [0.1, 0.15) is 0 Å². The van der Waals surface area contributed by atoms with Crippen molar-refractivity contribution in [3.05, 3.63) is 28.8 Å². The van der Waals surface area contributed by atoms with Crippen LogP contribution in [-0.2, 0) is 6.54 Å². The lowest BCUT2D eigenvalue weighted by molar-refractivity contribution is 0.126. The van der Waals surface area contributed by atoms with Gasteiger partial charge in [-0.25, -0.2) is 0 Å². The zero-order valence-corrected chi connectivity index (χ0v) is 12.0. The van der Waals surface area contributed by atoms with Crippen LogP contribution in [0.1, 0.15) is 31.2 Å².